The zero-order valence-corrected chi connectivity index (χ0v) is 12.9. The maximum Gasteiger partial charge on any atom is 0.433 e. The molecule has 10 nitrogen and oxygen atoms in total. The Labute approximate surface area is 139 Å². The van der Waals surface area contributed by atoms with Gasteiger partial charge in [-0.25, -0.2) is 4.79 Å². The normalized spacial score (nSPS) is 11.1. The second-order valence-electron chi connectivity index (χ2n) is 4.89. The van der Waals surface area contributed by atoms with Crippen molar-refractivity contribution < 1.29 is 14.1 Å². The molecule has 0 aliphatic rings. The van der Waals surface area contributed by atoms with Gasteiger partial charge in [0.1, 0.15) is 4.92 Å². The first-order valence-corrected chi connectivity index (χ1v) is 7.04. The molecule has 0 aliphatic heterocycles. The Morgan fingerprint density at radius 2 is 2.00 bits per heavy atom. The fourth-order valence-corrected chi connectivity index (χ4v) is 2.06. The first-order valence-electron chi connectivity index (χ1n) is 7.04. The third-order valence-electron chi connectivity index (χ3n) is 3.18. The van der Waals surface area contributed by atoms with Gasteiger partial charge in [-0.05, 0) is 6.07 Å². The number of carbonyl (C=O) groups excluding carboxylic acids is 1. The van der Waals surface area contributed by atoms with Gasteiger partial charge in [-0.1, -0.05) is 30.3 Å². The van der Waals surface area contributed by atoms with Crippen LogP contribution in [0.25, 0.3) is 11.4 Å². The monoisotopic (exact) mass is 341 g/mol. The van der Waals surface area contributed by atoms with Crippen LogP contribution in [0.2, 0.25) is 0 Å². The van der Waals surface area contributed by atoms with Crippen LogP contribution >= 0.6 is 0 Å². The van der Waals surface area contributed by atoms with Crippen LogP contribution in [0.1, 0.15) is 17.5 Å². The smallest absolute Gasteiger partial charge is 0.400 e. The molecule has 0 amide bonds. The molecule has 25 heavy (non-hydrogen) atoms. The van der Waals surface area contributed by atoms with Crippen molar-refractivity contribution in [3.05, 3.63) is 68.8 Å². The van der Waals surface area contributed by atoms with Crippen molar-refractivity contribution >= 4 is 18.0 Å². The van der Waals surface area contributed by atoms with Gasteiger partial charge in [-0.3, -0.25) is 14.9 Å². The number of carbonyl (C=O) groups is 1. The molecule has 0 spiro atoms. The fraction of sp³-hybridized carbons (Fsp3) is 0.0667. The van der Waals surface area contributed by atoms with Gasteiger partial charge in [0.15, 0.2) is 11.6 Å². The Hall–Kier alpha value is -3.82. The maximum absolute atomic E-state index is 12.3. The van der Waals surface area contributed by atoms with E-state index < -0.39 is 22.4 Å². The van der Waals surface area contributed by atoms with Crippen molar-refractivity contribution in [2.75, 3.05) is 0 Å². The average molecular weight is 341 g/mol. The molecular weight excluding hydrogens is 330 g/mol. The van der Waals surface area contributed by atoms with Gasteiger partial charge in [0.2, 0.25) is 5.91 Å². The number of hydrogen-bond acceptors (Lipinski definition) is 7. The molecule has 0 aliphatic carbocycles. The zero-order valence-electron chi connectivity index (χ0n) is 12.9. The van der Waals surface area contributed by atoms with Crippen molar-refractivity contribution in [1.29, 1.82) is 0 Å². The number of benzene rings is 1. The van der Waals surface area contributed by atoms with Crippen LogP contribution in [0, 0.1) is 10.1 Å². The van der Waals surface area contributed by atoms with Crippen molar-refractivity contribution in [3.8, 4) is 11.4 Å². The molecule has 1 aromatic carbocycles. The van der Waals surface area contributed by atoms with Crippen molar-refractivity contribution in [1.82, 2.24) is 14.5 Å². The second-order valence-corrected chi connectivity index (χ2v) is 4.89. The van der Waals surface area contributed by atoms with E-state index in [1.807, 2.05) is 0 Å². The summed E-state index contributed by atoms with van der Waals surface area (Å²) in [6.45, 7) is 1.20. The first kappa shape index (κ1) is 16.1. The number of nitro groups is 1. The molecule has 0 saturated carbocycles. The van der Waals surface area contributed by atoms with E-state index in [4.69, 9.17) is 4.42 Å². The van der Waals surface area contributed by atoms with E-state index in [1.165, 1.54) is 19.1 Å². The van der Waals surface area contributed by atoms with Gasteiger partial charge >= 0.3 is 11.6 Å². The number of aromatic nitrogens is 3. The standard InChI is InChI=1S/C15H11N5O5/c1-10(21)18-15(22)19(14(17-18)11-5-3-2-4-6-11)16-9-12-7-8-13(25-12)20(23)24/h2-9H,1H3/b16-9+. The number of nitrogens with zero attached hydrogens (tertiary/aromatic N) is 5. The SMILES string of the molecule is CC(=O)n1nc(-c2ccccc2)n(/N=C/c2ccc([N+](=O)[O-])o2)c1=O. The lowest BCUT2D eigenvalue weighted by atomic mass is 10.2. The lowest BCUT2D eigenvalue weighted by Gasteiger charge is -1.98. The zero-order chi connectivity index (χ0) is 18.0. The lowest BCUT2D eigenvalue weighted by Crippen LogP contribution is -2.26. The minimum atomic E-state index is -0.761. The van der Waals surface area contributed by atoms with E-state index >= 15 is 0 Å². The fourth-order valence-electron chi connectivity index (χ4n) is 2.06. The van der Waals surface area contributed by atoms with Crippen LogP contribution in [0.5, 0.6) is 0 Å². The maximum atomic E-state index is 12.3. The second kappa shape index (κ2) is 6.35. The molecule has 3 rings (SSSR count). The van der Waals surface area contributed by atoms with Crippen LogP contribution in [0.15, 0.2) is 56.8 Å². The number of rotatable bonds is 4. The molecule has 0 fully saturated rings. The van der Waals surface area contributed by atoms with E-state index in [2.05, 4.69) is 10.2 Å². The summed E-state index contributed by atoms with van der Waals surface area (Å²) < 4.78 is 6.56. The molecule has 0 N–H and O–H groups in total. The van der Waals surface area contributed by atoms with Gasteiger partial charge in [0.05, 0.1) is 12.3 Å². The van der Waals surface area contributed by atoms with Crippen LogP contribution in [0.4, 0.5) is 5.88 Å². The largest absolute Gasteiger partial charge is 0.433 e. The van der Waals surface area contributed by atoms with Crippen LogP contribution in [0.3, 0.4) is 0 Å². The van der Waals surface area contributed by atoms with E-state index in [-0.39, 0.29) is 11.6 Å². The number of furan rings is 1. The molecule has 0 saturated heterocycles. The third kappa shape index (κ3) is 3.13. The Morgan fingerprint density at radius 1 is 1.28 bits per heavy atom. The van der Waals surface area contributed by atoms with Gasteiger partial charge in [0.25, 0.3) is 0 Å². The highest BCUT2D eigenvalue weighted by atomic mass is 16.6. The molecule has 0 bridgehead atoms. The molecule has 0 atom stereocenters. The third-order valence-corrected chi connectivity index (χ3v) is 3.18. The molecule has 10 heteroatoms. The summed E-state index contributed by atoms with van der Waals surface area (Å²) in [5.41, 5.74) is -0.189. The summed E-state index contributed by atoms with van der Waals surface area (Å²) in [6.07, 6.45) is 1.13. The average Bonchev–Trinajstić information content (AvgIpc) is 3.18. The molecule has 0 unspecified atom stereocenters. The molecular formula is C15H11N5O5. The molecule has 2 aromatic heterocycles. The van der Waals surface area contributed by atoms with E-state index in [9.17, 15) is 19.7 Å². The Morgan fingerprint density at radius 3 is 2.60 bits per heavy atom. The summed E-state index contributed by atoms with van der Waals surface area (Å²) in [6, 6.07) is 11.2. The van der Waals surface area contributed by atoms with Crippen LogP contribution in [-0.4, -0.2) is 31.5 Å². The minimum Gasteiger partial charge on any atom is -0.400 e. The van der Waals surface area contributed by atoms with Gasteiger partial charge in [0, 0.05) is 12.5 Å². The minimum absolute atomic E-state index is 0.0770. The van der Waals surface area contributed by atoms with E-state index in [0.717, 1.165) is 10.9 Å². The highest BCUT2D eigenvalue weighted by Gasteiger charge is 2.17. The predicted molar refractivity (Wildman–Crippen MR) is 86.6 cm³/mol. The van der Waals surface area contributed by atoms with Gasteiger partial charge in [-0.15, -0.1) is 9.78 Å². The van der Waals surface area contributed by atoms with E-state index in [0.29, 0.717) is 10.2 Å². The quantitative estimate of drug-likeness (QED) is 0.404. The van der Waals surface area contributed by atoms with Crippen molar-refractivity contribution in [3.63, 3.8) is 0 Å². The van der Waals surface area contributed by atoms with Gasteiger partial charge < -0.3 is 4.42 Å². The topological polar surface area (TPSA) is 126 Å². The van der Waals surface area contributed by atoms with Gasteiger partial charge in [-0.2, -0.15) is 9.78 Å². The highest BCUT2D eigenvalue weighted by Crippen LogP contribution is 2.16. The Balaban J connectivity index is 2.07. The van der Waals surface area contributed by atoms with E-state index in [1.54, 1.807) is 30.3 Å². The molecule has 0 radical (unpaired) electrons. The summed E-state index contributed by atoms with van der Waals surface area (Å²) in [5.74, 6) is -0.785. The summed E-state index contributed by atoms with van der Waals surface area (Å²) >= 11 is 0. The molecule has 2 heterocycles. The Bertz CT molecular complexity index is 1030. The summed E-state index contributed by atoms with van der Waals surface area (Å²) in [4.78, 5) is 33.8. The van der Waals surface area contributed by atoms with Crippen molar-refractivity contribution in [2.45, 2.75) is 6.92 Å². The predicted octanol–water partition coefficient (Wildman–Crippen LogP) is 1.76. The molecule has 126 valence electrons. The van der Waals surface area contributed by atoms with Crippen LogP contribution in [-0.2, 0) is 0 Å². The number of hydrogen-bond donors (Lipinski definition) is 0. The summed E-state index contributed by atoms with van der Waals surface area (Å²) in [7, 11) is 0. The summed E-state index contributed by atoms with van der Waals surface area (Å²) in [5, 5.41) is 18.6. The van der Waals surface area contributed by atoms with Crippen LogP contribution < -0.4 is 5.69 Å². The van der Waals surface area contributed by atoms with Crippen molar-refractivity contribution in [2.24, 2.45) is 5.10 Å². The lowest BCUT2D eigenvalue weighted by molar-refractivity contribution is -0.402. The Kier molecular flexibility index (Phi) is 4.08. The highest BCUT2D eigenvalue weighted by molar-refractivity contribution is 5.77. The molecule has 3 aromatic rings. The first-order chi connectivity index (χ1) is 12.0.